The van der Waals surface area contributed by atoms with E-state index < -0.39 is 0 Å². The highest BCUT2D eigenvalue weighted by Crippen LogP contribution is 2.43. The van der Waals surface area contributed by atoms with Gasteiger partial charge in [-0.25, -0.2) is 0 Å². The predicted octanol–water partition coefficient (Wildman–Crippen LogP) is 2.96. The van der Waals surface area contributed by atoms with E-state index >= 15 is 0 Å². The van der Waals surface area contributed by atoms with Gasteiger partial charge in [0.2, 0.25) is 0 Å². The monoisotopic (exact) mass is 188 g/mol. The lowest BCUT2D eigenvalue weighted by molar-refractivity contribution is -0.120. The number of halogens is 1. The summed E-state index contributed by atoms with van der Waals surface area (Å²) in [5, 5.41) is 0. The Bertz CT molecular complexity index is 148. The van der Waals surface area contributed by atoms with Crippen molar-refractivity contribution in [1.82, 2.24) is 0 Å². The standard InChI is InChI=1S/C10H17ClO/c11-8-10(9-4-3-5-9)6-1-2-7-12-10/h9H,1-8H2. The van der Waals surface area contributed by atoms with Crippen LogP contribution in [0.5, 0.6) is 0 Å². The third-order valence-corrected chi connectivity index (χ3v) is 3.91. The molecule has 1 saturated carbocycles. The second-order valence-electron chi connectivity index (χ2n) is 4.13. The van der Waals surface area contributed by atoms with Crippen molar-refractivity contribution < 1.29 is 4.74 Å². The molecule has 2 rings (SSSR count). The molecule has 1 heterocycles. The van der Waals surface area contributed by atoms with Crippen LogP contribution >= 0.6 is 11.6 Å². The largest absolute Gasteiger partial charge is 0.373 e. The first-order chi connectivity index (χ1) is 5.87. The molecule has 0 bridgehead atoms. The van der Waals surface area contributed by atoms with Gasteiger partial charge < -0.3 is 4.74 Å². The van der Waals surface area contributed by atoms with Crippen LogP contribution in [0.25, 0.3) is 0 Å². The molecule has 12 heavy (non-hydrogen) atoms. The van der Waals surface area contributed by atoms with E-state index in [1.807, 2.05) is 0 Å². The molecule has 1 nitrogen and oxygen atoms in total. The lowest BCUT2D eigenvalue weighted by Gasteiger charge is -2.46. The quantitative estimate of drug-likeness (QED) is 0.606. The molecule has 0 aromatic carbocycles. The molecule has 1 atom stereocenters. The third kappa shape index (κ3) is 1.38. The van der Waals surface area contributed by atoms with E-state index in [1.165, 1.54) is 38.5 Å². The first-order valence-electron chi connectivity index (χ1n) is 5.07. The lowest BCUT2D eigenvalue weighted by Crippen LogP contribution is -2.48. The van der Waals surface area contributed by atoms with Gasteiger partial charge in [-0.3, -0.25) is 0 Å². The van der Waals surface area contributed by atoms with Crippen molar-refractivity contribution in [3.8, 4) is 0 Å². The zero-order valence-electron chi connectivity index (χ0n) is 7.52. The first kappa shape index (κ1) is 8.83. The zero-order valence-corrected chi connectivity index (χ0v) is 8.28. The third-order valence-electron chi connectivity index (χ3n) is 3.46. The van der Waals surface area contributed by atoms with Gasteiger partial charge >= 0.3 is 0 Å². The molecular weight excluding hydrogens is 172 g/mol. The zero-order chi connectivity index (χ0) is 8.44. The van der Waals surface area contributed by atoms with Crippen LogP contribution in [0.2, 0.25) is 0 Å². The van der Waals surface area contributed by atoms with Crippen LogP contribution in [0.3, 0.4) is 0 Å². The van der Waals surface area contributed by atoms with Crippen molar-refractivity contribution in [2.24, 2.45) is 5.92 Å². The Morgan fingerprint density at radius 2 is 2.08 bits per heavy atom. The summed E-state index contributed by atoms with van der Waals surface area (Å²) in [5.74, 6) is 1.48. The molecular formula is C10H17ClO. The summed E-state index contributed by atoms with van der Waals surface area (Å²) >= 11 is 6.02. The van der Waals surface area contributed by atoms with E-state index in [0.717, 1.165) is 12.5 Å². The number of alkyl halides is 1. The van der Waals surface area contributed by atoms with E-state index in [9.17, 15) is 0 Å². The molecule has 1 saturated heterocycles. The Balaban J connectivity index is 2.00. The summed E-state index contributed by atoms with van der Waals surface area (Å²) in [6, 6.07) is 0. The molecule has 0 radical (unpaired) electrons. The molecule has 0 spiro atoms. The minimum absolute atomic E-state index is 0.0814. The van der Waals surface area contributed by atoms with Crippen molar-refractivity contribution >= 4 is 11.6 Å². The van der Waals surface area contributed by atoms with Gasteiger partial charge in [-0.2, -0.15) is 0 Å². The number of ether oxygens (including phenoxy) is 1. The maximum absolute atomic E-state index is 6.02. The lowest BCUT2D eigenvalue weighted by atomic mass is 9.71. The Hall–Kier alpha value is 0.250. The average molecular weight is 189 g/mol. The van der Waals surface area contributed by atoms with Gasteiger partial charge in [0.25, 0.3) is 0 Å². The molecule has 1 aliphatic heterocycles. The smallest absolute Gasteiger partial charge is 0.0845 e. The van der Waals surface area contributed by atoms with Crippen LogP contribution in [-0.4, -0.2) is 18.1 Å². The molecule has 0 amide bonds. The normalized spacial score (nSPS) is 37.8. The fraction of sp³-hybridized carbons (Fsp3) is 1.00. The highest BCUT2D eigenvalue weighted by molar-refractivity contribution is 6.18. The highest BCUT2D eigenvalue weighted by atomic mass is 35.5. The second-order valence-corrected chi connectivity index (χ2v) is 4.40. The van der Waals surface area contributed by atoms with E-state index in [2.05, 4.69) is 0 Å². The summed E-state index contributed by atoms with van der Waals surface area (Å²) in [6.45, 7) is 0.934. The minimum Gasteiger partial charge on any atom is -0.373 e. The topological polar surface area (TPSA) is 9.23 Å². The molecule has 0 aromatic rings. The van der Waals surface area contributed by atoms with Crippen molar-refractivity contribution in [1.29, 1.82) is 0 Å². The molecule has 0 N–H and O–H groups in total. The summed E-state index contributed by atoms with van der Waals surface area (Å²) in [5.41, 5.74) is 0.0814. The van der Waals surface area contributed by atoms with Crippen molar-refractivity contribution in [2.45, 2.75) is 44.1 Å². The van der Waals surface area contributed by atoms with E-state index in [-0.39, 0.29) is 5.60 Å². The molecule has 2 heteroatoms. The van der Waals surface area contributed by atoms with Crippen LogP contribution in [0, 0.1) is 5.92 Å². The van der Waals surface area contributed by atoms with Gasteiger partial charge in [-0.05, 0) is 38.0 Å². The van der Waals surface area contributed by atoms with Crippen LogP contribution in [0.1, 0.15) is 38.5 Å². The second kappa shape index (κ2) is 3.55. The molecule has 2 aliphatic rings. The maximum Gasteiger partial charge on any atom is 0.0845 e. The van der Waals surface area contributed by atoms with Crippen LogP contribution in [-0.2, 0) is 4.74 Å². The highest BCUT2D eigenvalue weighted by Gasteiger charge is 2.43. The van der Waals surface area contributed by atoms with E-state index in [0.29, 0.717) is 5.88 Å². The summed E-state index contributed by atoms with van der Waals surface area (Å²) < 4.78 is 5.89. The van der Waals surface area contributed by atoms with Gasteiger partial charge in [0.1, 0.15) is 0 Å². The molecule has 1 unspecified atom stereocenters. The number of hydrogen-bond acceptors (Lipinski definition) is 1. The summed E-state index contributed by atoms with van der Waals surface area (Å²) in [4.78, 5) is 0. The Morgan fingerprint density at radius 1 is 1.25 bits per heavy atom. The first-order valence-corrected chi connectivity index (χ1v) is 5.61. The molecule has 2 fully saturated rings. The van der Waals surface area contributed by atoms with Gasteiger partial charge in [0, 0.05) is 6.61 Å². The van der Waals surface area contributed by atoms with Crippen molar-refractivity contribution in [2.75, 3.05) is 12.5 Å². The SMILES string of the molecule is ClCC1(C2CCC2)CCCCO1. The van der Waals surface area contributed by atoms with Gasteiger partial charge in [0.05, 0.1) is 11.5 Å². The van der Waals surface area contributed by atoms with Gasteiger partial charge in [-0.15, -0.1) is 11.6 Å². The van der Waals surface area contributed by atoms with Crippen molar-refractivity contribution in [3.63, 3.8) is 0 Å². The average Bonchev–Trinajstić information content (AvgIpc) is 2.03. The number of hydrogen-bond donors (Lipinski definition) is 0. The minimum atomic E-state index is 0.0814. The Labute approximate surface area is 79.4 Å². The van der Waals surface area contributed by atoms with E-state index in [4.69, 9.17) is 16.3 Å². The van der Waals surface area contributed by atoms with Gasteiger partial charge in [-0.1, -0.05) is 6.42 Å². The summed E-state index contributed by atoms with van der Waals surface area (Å²) in [7, 11) is 0. The van der Waals surface area contributed by atoms with Gasteiger partial charge in [0.15, 0.2) is 0 Å². The molecule has 1 aliphatic carbocycles. The van der Waals surface area contributed by atoms with E-state index in [1.54, 1.807) is 0 Å². The molecule has 0 aromatic heterocycles. The van der Waals surface area contributed by atoms with Crippen LogP contribution < -0.4 is 0 Å². The maximum atomic E-state index is 6.02. The summed E-state index contributed by atoms with van der Waals surface area (Å²) in [6.07, 6.45) is 7.79. The number of rotatable bonds is 2. The Morgan fingerprint density at radius 3 is 2.50 bits per heavy atom. The fourth-order valence-corrected chi connectivity index (χ4v) is 2.77. The molecule has 70 valence electrons. The van der Waals surface area contributed by atoms with Crippen molar-refractivity contribution in [3.05, 3.63) is 0 Å². The predicted molar refractivity (Wildman–Crippen MR) is 50.6 cm³/mol. The van der Waals surface area contributed by atoms with Crippen LogP contribution in [0.15, 0.2) is 0 Å². The van der Waals surface area contributed by atoms with Crippen LogP contribution in [0.4, 0.5) is 0 Å². The Kier molecular flexibility index (Phi) is 2.61. The fourth-order valence-electron chi connectivity index (χ4n) is 2.34.